The molecule has 0 saturated carbocycles. The van der Waals surface area contributed by atoms with E-state index >= 15 is 0 Å². The molecule has 2 heterocycles. The van der Waals surface area contributed by atoms with Crippen molar-refractivity contribution in [2.75, 3.05) is 11.3 Å². The zero-order valence-electron chi connectivity index (χ0n) is 28.9. The van der Waals surface area contributed by atoms with Gasteiger partial charge in [0, 0.05) is 17.7 Å². The minimum Gasteiger partial charge on any atom is -0.488 e. The standard InChI is InChI=1S/C35H44N6O6S.ClH/c1-22(2)47-27-18-37-30(38-19-27)20-36-26(14-15-35(5,6)7)21-46-31-17-29(32-23(3)10-8-11-24(32)4)39-34(40-31)41-48(44,45)28-13-9-12-25(16-28)33(42)43;/h8-13,16-19,22,26,36H,14-15,20-21H2,1-7H3,(H,42,43)(H,39,40,41);1H/t26-;/m1./s1. The van der Waals surface area contributed by atoms with E-state index in [0.717, 1.165) is 35.6 Å². The average molecular weight is 713 g/mol. The van der Waals surface area contributed by atoms with Crippen LogP contribution in [-0.4, -0.2) is 58.2 Å². The van der Waals surface area contributed by atoms with Gasteiger partial charge in [-0.3, -0.25) is 0 Å². The van der Waals surface area contributed by atoms with Crippen molar-refractivity contribution in [3.8, 4) is 22.9 Å². The number of hydrogen-bond donors (Lipinski definition) is 3. The lowest BCUT2D eigenvalue weighted by molar-refractivity contribution is 0.0696. The van der Waals surface area contributed by atoms with Crippen LogP contribution >= 0.6 is 12.4 Å². The lowest BCUT2D eigenvalue weighted by Gasteiger charge is -2.24. The fraction of sp³-hybridized carbons (Fsp3) is 0.400. The van der Waals surface area contributed by atoms with E-state index in [1.54, 1.807) is 18.5 Å². The Morgan fingerprint density at radius 3 is 2.24 bits per heavy atom. The molecule has 49 heavy (non-hydrogen) atoms. The maximum atomic E-state index is 13.4. The number of halogens is 1. The van der Waals surface area contributed by atoms with Crippen LogP contribution in [0, 0.1) is 19.3 Å². The average Bonchev–Trinajstić information content (AvgIpc) is 3.00. The molecule has 4 rings (SSSR count). The monoisotopic (exact) mass is 712 g/mol. The minimum atomic E-state index is -4.24. The summed E-state index contributed by atoms with van der Waals surface area (Å²) in [5.74, 6) is -0.0640. The quantitative estimate of drug-likeness (QED) is 0.121. The molecule has 14 heteroatoms. The molecule has 0 bridgehead atoms. The molecule has 12 nitrogen and oxygen atoms in total. The topological polar surface area (TPSA) is 166 Å². The van der Waals surface area contributed by atoms with E-state index in [9.17, 15) is 18.3 Å². The van der Waals surface area contributed by atoms with Crippen LogP contribution in [0.25, 0.3) is 11.3 Å². The largest absolute Gasteiger partial charge is 0.488 e. The maximum absolute atomic E-state index is 13.4. The maximum Gasteiger partial charge on any atom is 0.335 e. The van der Waals surface area contributed by atoms with Crippen molar-refractivity contribution in [3.05, 3.63) is 83.4 Å². The summed E-state index contributed by atoms with van der Waals surface area (Å²) in [6, 6.07) is 12.5. The highest BCUT2D eigenvalue weighted by Crippen LogP contribution is 2.30. The molecule has 0 aliphatic rings. The van der Waals surface area contributed by atoms with Gasteiger partial charge in [-0.15, -0.1) is 12.4 Å². The van der Waals surface area contributed by atoms with E-state index in [2.05, 4.69) is 50.7 Å². The summed E-state index contributed by atoms with van der Waals surface area (Å²) in [7, 11) is -4.24. The zero-order chi connectivity index (χ0) is 35.1. The van der Waals surface area contributed by atoms with Crippen LogP contribution in [0.5, 0.6) is 11.6 Å². The van der Waals surface area contributed by atoms with Gasteiger partial charge in [0.15, 0.2) is 5.75 Å². The molecule has 0 unspecified atom stereocenters. The number of anilines is 1. The number of ether oxygens (including phenoxy) is 2. The summed E-state index contributed by atoms with van der Waals surface area (Å²) in [6.07, 6.45) is 5.02. The highest BCUT2D eigenvalue weighted by atomic mass is 35.5. The van der Waals surface area contributed by atoms with E-state index in [1.165, 1.54) is 18.2 Å². The van der Waals surface area contributed by atoms with Crippen molar-refractivity contribution in [1.82, 2.24) is 25.3 Å². The minimum absolute atomic E-state index is 0. The highest BCUT2D eigenvalue weighted by Gasteiger charge is 2.21. The lowest BCUT2D eigenvalue weighted by atomic mass is 9.89. The second-order valence-corrected chi connectivity index (χ2v) is 14.8. The van der Waals surface area contributed by atoms with Crippen molar-refractivity contribution in [2.45, 2.75) is 84.9 Å². The molecule has 0 amide bonds. The number of aromatic nitrogens is 4. The first-order valence-electron chi connectivity index (χ1n) is 15.8. The number of benzene rings is 2. The van der Waals surface area contributed by atoms with Crippen molar-refractivity contribution >= 4 is 34.3 Å². The Bertz CT molecular complexity index is 1810. The Balaban J connectivity index is 0.00000650. The Morgan fingerprint density at radius 1 is 0.980 bits per heavy atom. The molecular formula is C35H45ClN6O6S. The van der Waals surface area contributed by atoms with E-state index in [-0.39, 0.29) is 58.9 Å². The molecule has 0 saturated heterocycles. The summed E-state index contributed by atoms with van der Waals surface area (Å²) in [5, 5.41) is 12.9. The van der Waals surface area contributed by atoms with Gasteiger partial charge < -0.3 is 19.9 Å². The van der Waals surface area contributed by atoms with Crippen LogP contribution < -0.4 is 19.5 Å². The Hall–Kier alpha value is -4.33. The summed E-state index contributed by atoms with van der Waals surface area (Å²) in [6.45, 7) is 14.9. The number of aryl methyl sites for hydroxylation is 2. The fourth-order valence-electron chi connectivity index (χ4n) is 4.91. The zero-order valence-corrected chi connectivity index (χ0v) is 30.5. The number of nitrogens with zero attached hydrogens (tertiary/aromatic N) is 4. The van der Waals surface area contributed by atoms with Crippen LogP contribution in [0.3, 0.4) is 0 Å². The fourth-order valence-corrected chi connectivity index (χ4v) is 5.90. The van der Waals surface area contributed by atoms with Gasteiger partial charge >= 0.3 is 5.97 Å². The van der Waals surface area contributed by atoms with Gasteiger partial charge in [0.1, 0.15) is 12.4 Å². The van der Waals surface area contributed by atoms with Crippen molar-refractivity contribution in [2.24, 2.45) is 5.41 Å². The van der Waals surface area contributed by atoms with Crippen molar-refractivity contribution < 1.29 is 27.8 Å². The number of carboxylic acid groups (broad SMARTS) is 1. The van der Waals surface area contributed by atoms with Gasteiger partial charge in [-0.2, -0.15) is 4.98 Å². The Labute approximate surface area is 294 Å². The SMILES string of the molecule is Cc1cccc(C)c1-c1cc(OC[C@@H](CCC(C)(C)C)NCc2ncc(OC(C)C)cn2)nc(NS(=O)(=O)c2cccc(C(=O)O)c2)n1.Cl. The third kappa shape index (κ3) is 11.7. The number of sulfonamides is 1. The van der Waals surface area contributed by atoms with Gasteiger partial charge in [0.25, 0.3) is 10.0 Å². The van der Waals surface area contributed by atoms with Crippen LogP contribution in [0.15, 0.2) is 65.8 Å². The first-order valence-corrected chi connectivity index (χ1v) is 17.2. The molecule has 0 spiro atoms. The number of carboxylic acids is 1. The van der Waals surface area contributed by atoms with Crippen LogP contribution in [0.2, 0.25) is 0 Å². The number of hydrogen-bond acceptors (Lipinski definition) is 10. The van der Waals surface area contributed by atoms with Gasteiger partial charge in [-0.25, -0.2) is 32.9 Å². The molecule has 1 atom stereocenters. The predicted molar refractivity (Wildman–Crippen MR) is 191 cm³/mol. The van der Waals surface area contributed by atoms with E-state index < -0.39 is 16.0 Å². The summed E-state index contributed by atoms with van der Waals surface area (Å²) in [4.78, 5) is 29.0. The number of carbonyl (C=O) groups is 1. The Morgan fingerprint density at radius 2 is 1.63 bits per heavy atom. The van der Waals surface area contributed by atoms with Crippen LogP contribution in [0.4, 0.5) is 5.95 Å². The molecule has 0 fully saturated rings. The predicted octanol–water partition coefficient (Wildman–Crippen LogP) is 6.62. The van der Waals surface area contributed by atoms with Gasteiger partial charge in [-0.05, 0) is 75.3 Å². The normalized spacial score (nSPS) is 12.2. The van der Waals surface area contributed by atoms with Crippen molar-refractivity contribution in [3.63, 3.8) is 0 Å². The third-order valence-corrected chi connectivity index (χ3v) is 8.66. The van der Waals surface area contributed by atoms with Crippen LogP contribution in [-0.2, 0) is 16.6 Å². The molecular weight excluding hydrogens is 668 g/mol. The molecule has 2 aromatic heterocycles. The van der Waals surface area contributed by atoms with Crippen molar-refractivity contribution in [1.29, 1.82) is 0 Å². The molecule has 0 aliphatic heterocycles. The molecule has 264 valence electrons. The first-order chi connectivity index (χ1) is 22.6. The Kier molecular flexibility index (Phi) is 13.5. The molecule has 0 aliphatic carbocycles. The van der Waals surface area contributed by atoms with Crippen LogP contribution in [0.1, 0.15) is 74.8 Å². The van der Waals surface area contributed by atoms with E-state index in [0.29, 0.717) is 23.8 Å². The van der Waals surface area contributed by atoms with E-state index in [4.69, 9.17) is 9.47 Å². The molecule has 0 radical (unpaired) electrons. The number of aromatic carboxylic acids is 1. The van der Waals surface area contributed by atoms with Gasteiger partial charge in [0.05, 0.1) is 41.2 Å². The molecule has 2 aromatic carbocycles. The summed E-state index contributed by atoms with van der Waals surface area (Å²) in [5.41, 5.74) is 3.10. The third-order valence-electron chi connectivity index (χ3n) is 7.33. The first kappa shape index (κ1) is 39.1. The number of nitrogens with one attached hydrogen (secondary N) is 2. The molecule has 3 N–H and O–H groups in total. The number of rotatable bonds is 15. The van der Waals surface area contributed by atoms with E-state index in [1.807, 2.05) is 45.9 Å². The second kappa shape index (κ2) is 16.9. The van der Waals surface area contributed by atoms with Gasteiger partial charge in [0.2, 0.25) is 11.8 Å². The smallest absolute Gasteiger partial charge is 0.335 e. The lowest BCUT2D eigenvalue weighted by Crippen LogP contribution is -2.35. The summed E-state index contributed by atoms with van der Waals surface area (Å²) < 4.78 is 41.0. The van der Waals surface area contributed by atoms with Gasteiger partial charge in [-0.1, -0.05) is 45.0 Å². The molecule has 4 aromatic rings. The summed E-state index contributed by atoms with van der Waals surface area (Å²) >= 11 is 0. The highest BCUT2D eigenvalue weighted by molar-refractivity contribution is 7.92. The second-order valence-electron chi connectivity index (χ2n) is 13.1.